The van der Waals surface area contributed by atoms with Crippen molar-refractivity contribution in [3.8, 4) is 0 Å². The summed E-state index contributed by atoms with van der Waals surface area (Å²) in [4.78, 5) is 11.8. The Kier molecular flexibility index (Phi) is 8.13. The van der Waals surface area contributed by atoms with Crippen LogP contribution in [-0.4, -0.2) is 22.4 Å². The number of hydrogen-bond donors (Lipinski definition) is 1. The predicted octanol–water partition coefficient (Wildman–Crippen LogP) is 3.93. The Morgan fingerprint density at radius 1 is 1.33 bits per heavy atom. The van der Waals surface area contributed by atoms with Crippen molar-refractivity contribution in [2.75, 3.05) is 12.3 Å². The average Bonchev–Trinajstić information content (AvgIpc) is 2.40. The first-order valence-electron chi connectivity index (χ1n) is 5.89. The molecule has 98 valence electrons. The molecule has 0 aromatic heterocycles. The second-order valence-electron chi connectivity index (χ2n) is 3.70. The van der Waals surface area contributed by atoms with Gasteiger partial charge in [-0.3, -0.25) is 4.79 Å². The van der Waals surface area contributed by atoms with Crippen LogP contribution in [0, 0.1) is 0 Å². The SMILES string of the molecule is CCCCNC(=S)SSCC(=O)c1ccccc1. The van der Waals surface area contributed by atoms with Crippen molar-refractivity contribution in [3.05, 3.63) is 35.9 Å². The van der Waals surface area contributed by atoms with E-state index in [1.807, 2.05) is 30.3 Å². The Hall–Kier alpha value is -0.520. The number of ketones is 1. The van der Waals surface area contributed by atoms with Gasteiger partial charge in [-0.05, 0) is 17.2 Å². The van der Waals surface area contributed by atoms with E-state index in [1.165, 1.54) is 21.6 Å². The molecule has 0 unspecified atom stereocenters. The van der Waals surface area contributed by atoms with Gasteiger partial charge < -0.3 is 5.32 Å². The van der Waals surface area contributed by atoms with Gasteiger partial charge in [0.1, 0.15) is 4.32 Å². The van der Waals surface area contributed by atoms with Crippen molar-refractivity contribution < 1.29 is 4.79 Å². The van der Waals surface area contributed by atoms with Crippen LogP contribution in [-0.2, 0) is 0 Å². The molecule has 0 aliphatic rings. The number of rotatable bonds is 7. The number of carbonyl (C=O) groups is 1. The molecule has 0 bridgehead atoms. The molecule has 0 heterocycles. The van der Waals surface area contributed by atoms with E-state index < -0.39 is 0 Å². The van der Waals surface area contributed by atoms with Crippen molar-refractivity contribution in [2.24, 2.45) is 0 Å². The van der Waals surface area contributed by atoms with E-state index in [4.69, 9.17) is 12.2 Å². The van der Waals surface area contributed by atoms with Crippen LogP contribution >= 0.6 is 33.8 Å². The standard InChI is InChI=1S/C13H17NOS3/c1-2-3-9-14-13(16)18-17-10-12(15)11-7-5-4-6-8-11/h4-8H,2-3,9-10H2,1H3,(H,14,16). The lowest BCUT2D eigenvalue weighted by atomic mass is 10.2. The van der Waals surface area contributed by atoms with Gasteiger partial charge in [0, 0.05) is 12.1 Å². The molecule has 0 aliphatic heterocycles. The molecular formula is C13H17NOS3. The molecule has 0 saturated heterocycles. The number of carbonyl (C=O) groups excluding carboxylic acids is 1. The highest BCUT2D eigenvalue weighted by atomic mass is 33.1. The molecule has 1 aromatic carbocycles. The summed E-state index contributed by atoms with van der Waals surface area (Å²) in [5, 5.41) is 3.16. The van der Waals surface area contributed by atoms with E-state index in [-0.39, 0.29) is 5.78 Å². The third-order valence-corrected chi connectivity index (χ3v) is 4.93. The maximum absolute atomic E-state index is 11.8. The van der Waals surface area contributed by atoms with E-state index in [2.05, 4.69) is 12.2 Å². The Balaban J connectivity index is 2.18. The smallest absolute Gasteiger partial charge is 0.173 e. The summed E-state index contributed by atoms with van der Waals surface area (Å²) in [5.41, 5.74) is 0.760. The molecule has 18 heavy (non-hydrogen) atoms. The quantitative estimate of drug-likeness (QED) is 0.357. The van der Waals surface area contributed by atoms with Crippen LogP contribution in [0.2, 0.25) is 0 Å². The molecule has 0 atom stereocenters. The molecule has 0 fully saturated rings. The molecule has 1 aromatic rings. The highest BCUT2D eigenvalue weighted by Gasteiger charge is 2.06. The van der Waals surface area contributed by atoms with Gasteiger partial charge >= 0.3 is 0 Å². The Morgan fingerprint density at radius 2 is 2.06 bits per heavy atom. The maximum atomic E-state index is 11.8. The van der Waals surface area contributed by atoms with Gasteiger partial charge in [0.15, 0.2) is 5.78 Å². The third kappa shape index (κ3) is 6.42. The first-order chi connectivity index (χ1) is 8.74. The van der Waals surface area contributed by atoms with Gasteiger partial charge in [-0.1, -0.05) is 66.7 Å². The largest absolute Gasteiger partial charge is 0.370 e. The van der Waals surface area contributed by atoms with Gasteiger partial charge in [-0.2, -0.15) is 0 Å². The van der Waals surface area contributed by atoms with Gasteiger partial charge in [0.25, 0.3) is 0 Å². The van der Waals surface area contributed by atoms with Gasteiger partial charge in [0.05, 0.1) is 5.75 Å². The molecule has 1 rings (SSSR count). The maximum Gasteiger partial charge on any atom is 0.173 e. The minimum absolute atomic E-state index is 0.143. The van der Waals surface area contributed by atoms with Crippen LogP contribution in [0.25, 0.3) is 0 Å². The zero-order chi connectivity index (χ0) is 13.2. The van der Waals surface area contributed by atoms with Crippen molar-refractivity contribution in [1.29, 1.82) is 0 Å². The fourth-order valence-electron chi connectivity index (χ4n) is 1.24. The minimum Gasteiger partial charge on any atom is -0.370 e. The van der Waals surface area contributed by atoms with Gasteiger partial charge in [-0.25, -0.2) is 0 Å². The highest BCUT2D eigenvalue weighted by molar-refractivity contribution is 8.83. The minimum atomic E-state index is 0.143. The molecule has 0 saturated carbocycles. The topological polar surface area (TPSA) is 29.1 Å². The third-order valence-electron chi connectivity index (χ3n) is 2.22. The molecule has 2 nitrogen and oxygen atoms in total. The fourth-order valence-corrected chi connectivity index (χ4v) is 3.37. The van der Waals surface area contributed by atoms with Crippen LogP contribution in [0.1, 0.15) is 30.1 Å². The normalized spacial score (nSPS) is 10.1. The monoisotopic (exact) mass is 299 g/mol. The molecule has 0 amide bonds. The van der Waals surface area contributed by atoms with E-state index >= 15 is 0 Å². The van der Waals surface area contributed by atoms with E-state index in [0.717, 1.165) is 29.3 Å². The van der Waals surface area contributed by atoms with Crippen molar-refractivity contribution in [1.82, 2.24) is 5.32 Å². The number of Topliss-reactive ketones (excluding diaryl/α,β-unsaturated/α-hetero) is 1. The zero-order valence-corrected chi connectivity index (χ0v) is 12.8. The number of nitrogens with one attached hydrogen (secondary N) is 1. The van der Waals surface area contributed by atoms with Crippen molar-refractivity contribution in [3.63, 3.8) is 0 Å². The van der Waals surface area contributed by atoms with E-state index in [9.17, 15) is 4.79 Å². The summed E-state index contributed by atoms with van der Waals surface area (Å²) in [6, 6.07) is 9.34. The van der Waals surface area contributed by atoms with E-state index in [0.29, 0.717) is 5.75 Å². The second kappa shape index (κ2) is 9.42. The number of thiocarbonyl (C=S) groups is 1. The first kappa shape index (κ1) is 15.5. The average molecular weight is 299 g/mol. The molecule has 5 heteroatoms. The Bertz CT molecular complexity index is 381. The zero-order valence-electron chi connectivity index (χ0n) is 10.3. The molecule has 0 aliphatic carbocycles. The van der Waals surface area contributed by atoms with E-state index in [1.54, 1.807) is 0 Å². The summed E-state index contributed by atoms with van der Waals surface area (Å²) < 4.78 is 0.759. The highest BCUT2D eigenvalue weighted by Crippen LogP contribution is 2.23. The van der Waals surface area contributed by atoms with Crippen LogP contribution in [0.4, 0.5) is 0 Å². The Labute approximate surface area is 122 Å². The molecular weight excluding hydrogens is 282 g/mol. The lowest BCUT2D eigenvalue weighted by Gasteiger charge is -2.05. The number of benzene rings is 1. The second-order valence-corrected chi connectivity index (χ2v) is 6.68. The molecule has 0 spiro atoms. The first-order valence-corrected chi connectivity index (χ1v) is 8.62. The van der Waals surface area contributed by atoms with Gasteiger partial charge in [-0.15, -0.1) is 0 Å². The summed E-state index contributed by atoms with van der Waals surface area (Å²) in [5.74, 6) is 0.592. The fraction of sp³-hybridized carbons (Fsp3) is 0.385. The Morgan fingerprint density at radius 3 is 2.72 bits per heavy atom. The lowest BCUT2D eigenvalue weighted by Crippen LogP contribution is -2.18. The number of hydrogen-bond acceptors (Lipinski definition) is 4. The van der Waals surface area contributed by atoms with Crippen molar-refractivity contribution in [2.45, 2.75) is 19.8 Å². The van der Waals surface area contributed by atoms with Gasteiger partial charge in [0.2, 0.25) is 0 Å². The summed E-state index contributed by atoms with van der Waals surface area (Å²) in [7, 11) is 2.95. The molecule has 0 radical (unpaired) electrons. The van der Waals surface area contributed by atoms with Crippen LogP contribution in [0.15, 0.2) is 30.3 Å². The van der Waals surface area contributed by atoms with Crippen LogP contribution in [0.5, 0.6) is 0 Å². The predicted molar refractivity (Wildman–Crippen MR) is 86.3 cm³/mol. The van der Waals surface area contributed by atoms with Crippen LogP contribution in [0.3, 0.4) is 0 Å². The lowest BCUT2D eigenvalue weighted by molar-refractivity contribution is 0.102. The summed E-state index contributed by atoms with van der Waals surface area (Å²) in [6.45, 7) is 3.06. The molecule has 1 N–H and O–H groups in total. The summed E-state index contributed by atoms with van der Waals surface area (Å²) >= 11 is 5.16. The van der Waals surface area contributed by atoms with Crippen LogP contribution < -0.4 is 5.32 Å². The van der Waals surface area contributed by atoms with Crippen molar-refractivity contribution >= 4 is 43.9 Å². The summed E-state index contributed by atoms with van der Waals surface area (Å²) in [6.07, 6.45) is 2.27. The number of unbranched alkanes of at least 4 members (excludes halogenated alkanes) is 1.